The molecule has 9 nitrogen and oxygen atoms in total. The Morgan fingerprint density at radius 3 is 2.43 bits per heavy atom. The fourth-order valence-corrected chi connectivity index (χ4v) is 6.13. The Morgan fingerprint density at radius 1 is 1.02 bits per heavy atom. The number of rotatable bonds is 6. The predicted octanol–water partition coefficient (Wildman–Crippen LogP) is 6.78. The van der Waals surface area contributed by atoms with Crippen molar-refractivity contribution in [1.82, 2.24) is 10.1 Å². The number of anilines is 3. The van der Waals surface area contributed by atoms with E-state index in [-0.39, 0.29) is 12.3 Å². The number of carbonyl (C=O) groups is 2. The van der Waals surface area contributed by atoms with Gasteiger partial charge in [-0.05, 0) is 43.3 Å². The number of methoxy groups -OCH3 is 1. The van der Waals surface area contributed by atoms with E-state index >= 15 is 0 Å². The van der Waals surface area contributed by atoms with Gasteiger partial charge in [0.2, 0.25) is 0 Å². The summed E-state index contributed by atoms with van der Waals surface area (Å²) in [6.45, 7) is 5.87. The Balaban J connectivity index is 0.00000110. The van der Waals surface area contributed by atoms with Gasteiger partial charge < -0.3 is 24.6 Å². The van der Waals surface area contributed by atoms with Gasteiger partial charge in [0.1, 0.15) is 11.3 Å². The molecule has 0 unspecified atom stereocenters. The first-order valence-corrected chi connectivity index (χ1v) is 14.6. The number of aromatic nitrogens is 1. The fraction of sp³-hybridized carbons (Fsp3) is 0.206. The minimum atomic E-state index is -0.250. The highest BCUT2D eigenvalue weighted by molar-refractivity contribution is 6.30. The minimum Gasteiger partial charge on any atom is -0.496 e. The maximum Gasteiger partial charge on any atom is 0.290 e. The summed E-state index contributed by atoms with van der Waals surface area (Å²) in [5, 5.41) is 16.4. The van der Waals surface area contributed by atoms with Crippen LogP contribution in [-0.4, -0.2) is 60.7 Å². The van der Waals surface area contributed by atoms with E-state index in [2.05, 4.69) is 45.4 Å². The van der Waals surface area contributed by atoms with Crippen molar-refractivity contribution in [3.63, 3.8) is 0 Å². The smallest absolute Gasteiger partial charge is 0.290 e. The standard InChI is InChI=1S/C33H29ClN4O3.CH2O2/c1-20-7-10-23(11-8-20)35-26-18-27(31-30-29(26)32(39)24-5-3-4-6-25(24)33(30)41-36-31)38-15-13-37(14-16-38)19-21-17-22(34)9-12-28(21)40-2;2-1-3/h3-12,17-18,35H,13-16,19H2,1-2H3;1H,(H,2,3). The molecule has 44 heavy (non-hydrogen) atoms. The number of halogens is 1. The molecular formula is C34H31ClN4O5. The lowest BCUT2D eigenvalue weighted by Gasteiger charge is -2.36. The minimum absolute atomic E-state index is 0.0252. The molecule has 2 aliphatic rings. The summed E-state index contributed by atoms with van der Waals surface area (Å²) in [4.78, 5) is 27.0. The third kappa shape index (κ3) is 5.47. The zero-order valence-corrected chi connectivity index (χ0v) is 25.1. The molecule has 1 aliphatic heterocycles. The van der Waals surface area contributed by atoms with E-state index in [1.165, 1.54) is 5.56 Å². The van der Waals surface area contributed by atoms with Crippen LogP contribution in [0.15, 0.2) is 77.3 Å². The first kappa shape index (κ1) is 29.2. The maximum atomic E-state index is 13.9. The van der Waals surface area contributed by atoms with Gasteiger partial charge in [-0.3, -0.25) is 14.5 Å². The van der Waals surface area contributed by atoms with E-state index in [4.69, 9.17) is 30.8 Å². The Bertz CT molecular complexity index is 1850. The van der Waals surface area contributed by atoms with Crippen molar-refractivity contribution in [2.45, 2.75) is 13.5 Å². The second-order valence-corrected chi connectivity index (χ2v) is 11.2. The van der Waals surface area contributed by atoms with Gasteiger partial charge in [-0.15, -0.1) is 0 Å². The maximum absolute atomic E-state index is 13.9. The summed E-state index contributed by atoms with van der Waals surface area (Å²) in [6.07, 6.45) is 0. The zero-order valence-electron chi connectivity index (χ0n) is 24.3. The van der Waals surface area contributed by atoms with Crippen LogP contribution in [0.4, 0.5) is 17.1 Å². The van der Waals surface area contributed by atoms with E-state index in [1.54, 1.807) is 7.11 Å². The molecule has 0 atom stereocenters. The van der Waals surface area contributed by atoms with Gasteiger partial charge in [0.15, 0.2) is 11.5 Å². The summed E-state index contributed by atoms with van der Waals surface area (Å²) in [7, 11) is 1.69. The van der Waals surface area contributed by atoms with E-state index in [9.17, 15) is 4.79 Å². The number of piperazine rings is 1. The van der Waals surface area contributed by atoms with Crippen LogP contribution in [-0.2, 0) is 11.3 Å². The number of hydrogen-bond donors (Lipinski definition) is 2. The van der Waals surface area contributed by atoms with Crippen LogP contribution in [0.2, 0.25) is 5.02 Å². The Labute approximate surface area is 259 Å². The number of carboxylic acid groups (broad SMARTS) is 1. The molecule has 10 heteroatoms. The highest BCUT2D eigenvalue weighted by Crippen LogP contribution is 2.46. The molecule has 224 valence electrons. The van der Waals surface area contributed by atoms with Crippen LogP contribution in [0.5, 0.6) is 5.75 Å². The van der Waals surface area contributed by atoms with Crippen molar-refractivity contribution in [3.05, 3.63) is 100 Å². The first-order valence-electron chi connectivity index (χ1n) is 14.2. The summed E-state index contributed by atoms with van der Waals surface area (Å²) >= 11 is 6.28. The number of hydrogen-bond acceptors (Lipinski definition) is 8. The second kappa shape index (κ2) is 12.4. The molecule has 1 saturated heterocycles. The molecule has 5 aromatic rings. The average Bonchev–Trinajstić information content (AvgIpc) is 3.48. The van der Waals surface area contributed by atoms with Crippen LogP contribution >= 0.6 is 11.6 Å². The number of aryl methyl sites for hydroxylation is 1. The molecule has 0 spiro atoms. The molecule has 1 aromatic heterocycles. The van der Waals surface area contributed by atoms with E-state index < -0.39 is 0 Å². The Hall–Kier alpha value is -4.86. The van der Waals surface area contributed by atoms with Crippen LogP contribution in [0.25, 0.3) is 22.2 Å². The lowest BCUT2D eigenvalue weighted by atomic mass is 9.86. The van der Waals surface area contributed by atoms with Crippen molar-refractivity contribution < 1.29 is 24.0 Å². The van der Waals surface area contributed by atoms with Gasteiger partial charge in [0.05, 0.1) is 29.4 Å². The summed E-state index contributed by atoms with van der Waals surface area (Å²) in [6, 6.07) is 23.6. The number of ether oxygens (including phenoxy) is 1. The van der Waals surface area contributed by atoms with Gasteiger partial charge in [0, 0.05) is 60.1 Å². The van der Waals surface area contributed by atoms with Gasteiger partial charge >= 0.3 is 0 Å². The van der Waals surface area contributed by atoms with Gasteiger partial charge in [-0.25, -0.2) is 0 Å². The topological polar surface area (TPSA) is 108 Å². The van der Waals surface area contributed by atoms with Crippen LogP contribution in [0.1, 0.15) is 27.0 Å². The Kier molecular flexibility index (Phi) is 8.23. The Morgan fingerprint density at radius 2 is 1.73 bits per heavy atom. The van der Waals surface area contributed by atoms with Crippen molar-refractivity contribution in [1.29, 1.82) is 0 Å². The number of fused-ring (bicyclic) bond motifs is 2. The molecule has 1 fully saturated rings. The zero-order chi connectivity index (χ0) is 30.8. The van der Waals surface area contributed by atoms with Crippen molar-refractivity contribution >= 4 is 51.8 Å². The van der Waals surface area contributed by atoms with E-state index in [0.717, 1.165) is 77.6 Å². The van der Waals surface area contributed by atoms with Gasteiger partial charge in [-0.1, -0.05) is 58.7 Å². The fourth-order valence-electron chi connectivity index (χ4n) is 5.93. The molecule has 0 bridgehead atoms. The summed E-state index contributed by atoms with van der Waals surface area (Å²) < 4.78 is 11.5. The molecule has 4 aromatic carbocycles. The normalized spacial score (nSPS) is 14.1. The average molecular weight is 611 g/mol. The molecular weight excluding hydrogens is 580 g/mol. The molecule has 2 heterocycles. The third-order valence-electron chi connectivity index (χ3n) is 8.06. The highest BCUT2D eigenvalue weighted by atomic mass is 35.5. The van der Waals surface area contributed by atoms with Crippen LogP contribution in [0, 0.1) is 6.92 Å². The monoisotopic (exact) mass is 610 g/mol. The largest absolute Gasteiger partial charge is 0.496 e. The SMILES string of the molecule is COc1ccc(Cl)cc1CN1CCN(c2cc(Nc3ccc(C)cc3)c3c4c(onc24)-c2ccccc2C3=O)CC1.O=CO. The second-order valence-electron chi connectivity index (χ2n) is 10.7. The molecule has 1 aliphatic carbocycles. The lowest BCUT2D eigenvalue weighted by Crippen LogP contribution is -2.46. The molecule has 0 radical (unpaired) electrons. The van der Waals surface area contributed by atoms with Gasteiger partial charge in [0.25, 0.3) is 6.47 Å². The van der Waals surface area contributed by atoms with Gasteiger partial charge in [-0.2, -0.15) is 0 Å². The molecule has 0 saturated carbocycles. The number of ketones is 1. The predicted molar refractivity (Wildman–Crippen MR) is 172 cm³/mol. The highest BCUT2D eigenvalue weighted by Gasteiger charge is 2.34. The summed E-state index contributed by atoms with van der Waals surface area (Å²) in [5.74, 6) is 1.46. The molecule has 0 amide bonds. The molecule has 7 rings (SSSR count). The molecule has 2 N–H and O–H groups in total. The van der Waals surface area contributed by atoms with E-state index in [0.29, 0.717) is 21.9 Å². The number of benzene rings is 4. The van der Waals surface area contributed by atoms with Crippen molar-refractivity contribution in [3.8, 4) is 17.1 Å². The van der Waals surface area contributed by atoms with Crippen molar-refractivity contribution in [2.75, 3.05) is 43.5 Å². The number of nitrogens with one attached hydrogen (secondary N) is 1. The van der Waals surface area contributed by atoms with E-state index in [1.807, 2.05) is 54.6 Å². The number of carbonyl (C=O) groups excluding carboxylic acids is 1. The van der Waals surface area contributed by atoms with Crippen LogP contribution in [0.3, 0.4) is 0 Å². The quantitative estimate of drug-likeness (QED) is 0.197. The third-order valence-corrected chi connectivity index (χ3v) is 8.29. The lowest BCUT2D eigenvalue weighted by molar-refractivity contribution is -0.122. The van der Waals surface area contributed by atoms with Crippen molar-refractivity contribution in [2.24, 2.45) is 0 Å². The summed E-state index contributed by atoms with van der Waals surface area (Å²) in [5.41, 5.74) is 7.61. The first-order chi connectivity index (χ1) is 21.4. The van der Waals surface area contributed by atoms with Crippen LogP contribution < -0.4 is 15.0 Å². The number of nitrogens with zero attached hydrogens (tertiary/aromatic N) is 3.